The first-order chi connectivity index (χ1) is 10.6. The van der Waals surface area contributed by atoms with Gasteiger partial charge in [-0.2, -0.15) is 0 Å². The van der Waals surface area contributed by atoms with Gasteiger partial charge in [0.1, 0.15) is 0 Å². The average molecular weight is 320 g/mol. The van der Waals surface area contributed by atoms with Crippen LogP contribution in [0.1, 0.15) is 35.5 Å². The summed E-state index contributed by atoms with van der Waals surface area (Å²) in [6.45, 7) is 7.01. The second-order valence-electron chi connectivity index (χ2n) is 4.67. The van der Waals surface area contributed by atoms with E-state index in [1.54, 1.807) is 24.4 Å². The zero-order valence-electron chi connectivity index (χ0n) is 13.0. The van der Waals surface area contributed by atoms with E-state index >= 15 is 0 Å². The van der Waals surface area contributed by atoms with E-state index in [0.29, 0.717) is 35.4 Å². The Morgan fingerprint density at radius 2 is 2.09 bits per heavy atom. The molecule has 1 N–H and O–H groups in total. The van der Waals surface area contributed by atoms with Crippen LogP contribution in [0.25, 0.3) is 0 Å². The van der Waals surface area contributed by atoms with E-state index in [-0.39, 0.29) is 5.91 Å². The van der Waals surface area contributed by atoms with Gasteiger partial charge in [0.25, 0.3) is 5.91 Å². The van der Waals surface area contributed by atoms with Gasteiger partial charge in [-0.05, 0) is 38.5 Å². The normalized spacial score (nSPS) is 10.3. The standard InChI is InChI=1S/C16H20N2O3S/c1-4-8-21-13-7-6-12(9-14(13)20-5-2)15(19)18-16-17-10-11(3)22-16/h6-7,9-10H,4-5,8H2,1-3H3,(H,17,18,19). The monoisotopic (exact) mass is 320 g/mol. The van der Waals surface area contributed by atoms with Gasteiger partial charge in [-0.3, -0.25) is 10.1 Å². The third kappa shape index (κ3) is 4.21. The first kappa shape index (κ1) is 16.3. The van der Waals surface area contributed by atoms with Crippen LogP contribution >= 0.6 is 11.3 Å². The lowest BCUT2D eigenvalue weighted by Crippen LogP contribution is -2.12. The number of anilines is 1. The largest absolute Gasteiger partial charge is 0.490 e. The predicted molar refractivity (Wildman–Crippen MR) is 88.2 cm³/mol. The molecule has 1 heterocycles. The maximum absolute atomic E-state index is 12.3. The number of carbonyl (C=O) groups excluding carboxylic acids is 1. The summed E-state index contributed by atoms with van der Waals surface area (Å²) < 4.78 is 11.2. The van der Waals surface area contributed by atoms with Gasteiger partial charge < -0.3 is 9.47 Å². The van der Waals surface area contributed by atoms with E-state index in [9.17, 15) is 4.79 Å². The lowest BCUT2D eigenvalue weighted by Gasteiger charge is -2.12. The van der Waals surface area contributed by atoms with Crippen LogP contribution in [0.4, 0.5) is 5.13 Å². The molecule has 118 valence electrons. The number of amides is 1. The summed E-state index contributed by atoms with van der Waals surface area (Å²) in [6.07, 6.45) is 2.64. The quantitative estimate of drug-likeness (QED) is 0.840. The highest BCUT2D eigenvalue weighted by atomic mass is 32.1. The van der Waals surface area contributed by atoms with Gasteiger partial charge >= 0.3 is 0 Å². The number of nitrogens with zero attached hydrogens (tertiary/aromatic N) is 1. The number of aryl methyl sites for hydroxylation is 1. The fraction of sp³-hybridized carbons (Fsp3) is 0.375. The Morgan fingerprint density at radius 3 is 2.73 bits per heavy atom. The Balaban J connectivity index is 2.16. The maximum atomic E-state index is 12.3. The number of nitrogens with one attached hydrogen (secondary N) is 1. The molecule has 0 aliphatic carbocycles. The average Bonchev–Trinajstić information content (AvgIpc) is 2.91. The molecule has 0 atom stereocenters. The van der Waals surface area contributed by atoms with Crippen LogP contribution in [-0.4, -0.2) is 24.1 Å². The number of ether oxygens (including phenoxy) is 2. The van der Waals surface area contributed by atoms with E-state index in [2.05, 4.69) is 10.3 Å². The van der Waals surface area contributed by atoms with Crippen molar-refractivity contribution in [2.75, 3.05) is 18.5 Å². The number of thiazole rings is 1. The lowest BCUT2D eigenvalue weighted by atomic mass is 10.2. The first-order valence-corrected chi connectivity index (χ1v) is 8.09. The summed E-state index contributed by atoms with van der Waals surface area (Å²) in [6, 6.07) is 5.19. The van der Waals surface area contributed by atoms with Gasteiger partial charge in [0.05, 0.1) is 13.2 Å². The van der Waals surface area contributed by atoms with Crippen LogP contribution < -0.4 is 14.8 Å². The van der Waals surface area contributed by atoms with Gasteiger partial charge in [-0.1, -0.05) is 6.92 Å². The van der Waals surface area contributed by atoms with Crippen molar-refractivity contribution in [1.29, 1.82) is 0 Å². The Kier molecular flexibility index (Phi) is 5.77. The van der Waals surface area contributed by atoms with E-state index in [1.165, 1.54) is 11.3 Å². The zero-order chi connectivity index (χ0) is 15.9. The SMILES string of the molecule is CCCOc1ccc(C(=O)Nc2ncc(C)s2)cc1OCC. The number of hydrogen-bond acceptors (Lipinski definition) is 5. The predicted octanol–water partition coefficient (Wildman–Crippen LogP) is 3.89. The molecule has 0 fully saturated rings. The van der Waals surface area contributed by atoms with Crippen LogP contribution in [-0.2, 0) is 0 Å². The topological polar surface area (TPSA) is 60.5 Å². The molecule has 6 heteroatoms. The van der Waals surface area contributed by atoms with Crippen molar-refractivity contribution >= 4 is 22.4 Å². The molecule has 1 aromatic carbocycles. The number of carbonyl (C=O) groups is 1. The Morgan fingerprint density at radius 1 is 1.27 bits per heavy atom. The number of rotatable bonds is 7. The molecule has 2 rings (SSSR count). The molecule has 0 bridgehead atoms. The Hall–Kier alpha value is -2.08. The van der Waals surface area contributed by atoms with E-state index in [4.69, 9.17) is 9.47 Å². The summed E-state index contributed by atoms with van der Waals surface area (Å²) >= 11 is 1.44. The second-order valence-corrected chi connectivity index (χ2v) is 5.91. The molecule has 0 aliphatic heterocycles. The van der Waals surface area contributed by atoms with Crippen LogP contribution in [0.15, 0.2) is 24.4 Å². The molecule has 0 spiro atoms. The molecule has 22 heavy (non-hydrogen) atoms. The van der Waals surface area contributed by atoms with Crippen LogP contribution in [0.5, 0.6) is 11.5 Å². The number of hydrogen-bond donors (Lipinski definition) is 1. The molecule has 0 saturated carbocycles. The highest BCUT2D eigenvalue weighted by Crippen LogP contribution is 2.29. The number of aromatic nitrogens is 1. The van der Waals surface area contributed by atoms with Crippen molar-refractivity contribution in [1.82, 2.24) is 4.98 Å². The van der Waals surface area contributed by atoms with Gasteiger partial charge in [0.15, 0.2) is 16.6 Å². The minimum atomic E-state index is -0.211. The van der Waals surface area contributed by atoms with Crippen molar-refractivity contribution in [2.45, 2.75) is 27.2 Å². The molecule has 1 amide bonds. The van der Waals surface area contributed by atoms with Gasteiger partial charge in [0, 0.05) is 16.6 Å². The van der Waals surface area contributed by atoms with Crippen LogP contribution in [0.3, 0.4) is 0 Å². The summed E-state index contributed by atoms with van der Waals surface area (Å²) in [7, 11) is 0. The van der Waals surface area contributed by atoms with E-state index in [1.807, 2.05) is 20.8 Å². The molecule has 0 aliphatic rings. The lowest BCUT2D eigenvalue weighted by molar-refractivity contribution is 0.102. The molecular formula is C16H20N2O3S. The molecule has 1 aromatic heterocycles. The first-order valence-electron chi connectivity index (χ1n) is 7.27. The van der Waals surface area contributed by atoms with Crippen molar-refractivity contribution in [2.24, 2.45) is 0 Å². The highest BCUT2D eigenvalue weighted by molar-refractivity contribution is 7.15. The summed E-state index contributed by atoms with van der Waals surface area (Å²) in [5, 5.41) is 3.37. The molecule has 2 aromatic rings. The van der Waals surface area contributed by atoms with Crippen LogP contribution in [0, 0.1) is 6.92 Å². The zero-order valence-corrected chi connectivity index (χ0v) is 13.8. The molecule has 0 saturated heterocycles. The fourth-order valence-electron chi connectivity index (χ4n) is 1.83. The van der Waals surface area contributed by atoms with Crippen molar-refractivity contribution in [3.8, 4) is 11.5 Å². The summed E-state index contributed by atoms with van der Waals surface area (Å²) in [5.74, 6) is 1.03. The Labute approximate surface area is 134 Å². The van der Waals surface area contributed by atoms with Crippen molar-refractivity contribution < 1.29 is 14.3 Å². The molecular weight excluding hydrogens is 300 g/mol. The fourth-order valence-corrected chi connectivity index (χ4v) is 2.49. The maximum Gasteiger partial charge on any atom is 0.257 e. The second kappa shape index (κ2) is 7.79. The molecule has 0 unspecified atom stereocenters. The minimum Gasteiger partial charge on any atom is -0.490 e. The van der Waals surface area contributed by atoms with E-state index in [0.717, 1.165) is 11.3 Å². The van der Waals surface area contributed by atoms with E-state index < -0.39 is 0 Å². The van der Waals surface area contributed by atoms with Gasteiger partial charge in [-0.15, -0.1) is 11.3 Å². The van der Waals surface area contributed by atoms with Gasteiger partial charge in [0.2, 0.25) is 0 Å². The molecule has 5 nitrogen and oxygen atoms in total. The summed E-state index contributed by atoms with van der Waals surface area (Å²) in [4.78, 5) is 17.4. The third-order valence-electron chi connectivity index (χ3n) is 2.81. The Bertz CT molecular complexity index is 640. The minimum absolute atomic E-state index is 0.211. The number of benzene rings is 1. The highest BCUT2D eigenvalue weighted by Gasteiger charge is 2.13. The summed E-state index contributed by atoms with van der Waals surface area (Å²) in [5.41, 5.74) is 0.514. The van der Waals surface area contributed by atoms with Gasteiger partial charge in [-0.25, -0.2) is 4.98 Å². The third-order valence-corrected chi connectivity index (χ3v) is 3.64. The smallest absolute Gasteiger partial charge is 0.257 e. The van der Waals surface area contributed by atoms with Crippen LogP contribution in [0.2, 0.25) is 0 Å². The van der Waals surface area contributed by atoms with Crippen molar-refractivity contribution in [3.63, 3.8) is 0 Å². The van der Waals surface area contributed by atoms with Crippen molar-refractivity contribution in [3.05, 3.63) is 34.8 Å². The molecule has 0 radical (unpaired) electrons.